The molecule has 1 atom stereocenters. The zero-order chi connectivity index (χ0) is 21.2. The first-order valence-electron chi connectivity index (χ1n) is 13.1. The summed E-state index contributed by atoms with van der Waals surface area (Å²) in [4.78, 5) is 2.60. The maximum atomic E-state index is 6.10. The van der Waals surface area contributed by atoms with Crippen molar-refractivity contribution >= 4 is 0 Å². The van der Waals surface area contributed by atoms with E-state index in [1.165, 1.54) is 109 Å². The summed E-state index contributed by atoms with van der Waals surface area (Å²) in [5, 5.41) is 0. The number of hydrogen-bond acceptors (Lipinski definition) is 2. The fraction of sp³-hybridized carbons (Fsp3) is 0.926. The SMILES string of the molecule is CCCCCCCCC=CCCCCCCCCN1CCOC1(C)CCC(C)C. The van der Waals surface area contributed by atoms with Crippen LogP contribution in [-0.2, 0) is 4.74 Å². The highest BCUT2D eigenvalue weighted by molar-refractivity contribution is 4.83. The van der Waals surface area contributed by atoms with Crippen molar-refractivity contribution in [1.82, 2.24) is 4.90 Å². The fourth-order valence-electron chi connectivity index (χ4n) is 4.39. The van der Waals surface area contributed by atoms with Gasteiger partial charge in [0.1, 0.15) is 5.72 Å². The van der Waals surface area contributed by atoms with E-state index in [2.05, 4.69) is 44.7 Å². The second-order valence-electron chi connectivity index (χ2n) is 9.88. The van der Waals surface area contributed by atoms with Gasteiger partial charge in [-0.2, -0.15) is 0 Å². The molecule has 0 amide bonds. The van der Waals surface area contributed by atoms with Gasteiger partial charge in [-0.15, -0.1) is 0 Å². The van der Waals surface area contributed by atoms with Crippen LogP contribution in [0.1, 0.15) is 130 Å². The van der Waals surface area contributed by atoms with Crippen molar-refractivity contribution in [2.24, 2.45) is 5.92 Å². The molecule has 1 fully saturated rings. The molecule has 0 N–H and O–H groups in total. The van der Waals surface area contributed by atoms with Crippen molar-refractivity contribution in [2.45, 2.75) is 136 Å². The van der Waals surface area contributed by atoms with Gasteiger partial charge in [-0.05, 0) is 57.8 Å². The highest BCUT2D eigenvalue weighted by Crippen LogP contribution is 2.29. The van der Waals surface area contributed by atoms with Crippen LogP contribution in [0.15, 0.2) is 12.2 Å². The van der Waals surface area contributed by atoms with E-state index in [9.17, 15) is 0 Å². The van der Waals surface area contributed by atoms with Gasteiger partial charge in [0.05, 0.1) is 6.61 Å². The van der Waals surface area contributed by atoms with Crippen LogP contribution in [0, 0.1) is 5.92 Å². The Labute approximate surface area is 183 Å². The summed E-state index contributed by atoms with van der Waals surface area (Å²) >= 11 is 0. The van der Waals surface area contributed by atoms with E-state index in [1.807, 2.05) is 0 Å². The third kappa shape index (κ3) is 13.6. The monoisotopic (exact) mass is 407 g/mol. The molecule has 1 rings (SSSR count). The Morgan fingerprint density at radius 2 is 1.38 bits per heavy atom. The van der Waals surface area contributed by atoms with E-state index >= 15 is 0 Å². The molecule has 1 unspecified atom stereocenters. The van der Waals surface area contributed by atoms with Gasteiger partial charge in [0.2, 0.25) is 0 Å². The van der Waals surface area contributed by atoms with Crippen molar-refractivity contribution in [2.75, 3.05) is 19.7 Å². The molecule has 0 aliphatic carbocycles. The lowest BCUT2D eigenvalue weighted by Crippen LogP contribution is -2.42. The third-order valence-electron chi connectivity index (χ3n) is 6.57. The van der Waals surface area contributed by atoms with Crippen molar-refractivity contribution in [3.05, 3.63) is 12.2 Å². The molecule has 2 nitrogen and oxygen atoms in total. The summed E-state index contributed by atoms with van der Waals surface area (Å²) in [6.45, 7) is 12.5. The van der Waals surface area contributed by atoms with Crippen LogP contribution < -0.4 is 0 Å². The highest BCUT2D eigenvalue weighted by atomic mass is 16.5. The van der Waals surface area contributed by atoms with Gasteiger partial charge in [0, 0.05) is 13.1 Å². The van der Waals surface area contributed by atoms with Crippen molar-refractivity contribution < 1.29 is 4.74 Å². The van der Waals surface area contributed by atoms with E-state index in [4.69, 9.17) is 4.74 Å². The number of rotatable bonds is 19. The summed E-state index contributed by atoms with van der Waals surface area (Å²) in [5.41, 5.74) is 0.00606. The molecule has 1 aliphatic rings. The molecule has 1 heterocycles. The third-order valence-corrected chi connectivity index (χ3v) is 6.57. The summed E-state index contributed by atoms with van der Waals surface area (Å²) in [7, 11) is 0. The Morgan fingerprint density at radius 1 is 0.828 bits per heavy atom. The van der Waals surface area contributed by atoms with Gasteiger partial charge < -0.3 is 4.74 Å². The largest absolute Gasteiger partial charge is 0.359 e. The van der Waals surface area contributed by atoms with Crippen LogP contribution in [0.4, 0.5) is 0 Å². The molecule has 172 valence electrons. The minimum absolute atomic E-state index is 0.00606. The Bertz CT molecular complexity index is 392. The van der Waals surface area contributed by atoms with E-state index in [0.29, 0.717) is 0 Å². The van der Waals surface area contributed by atoms with Crippen LogP contribution in [0.5, 0.6) is 0 Å². The molecule has 0 spiro atoms. The first-order valence-corrected chi connectivity index (χ1v) is 13.1. The minimum Gasteiger partial charge on any atom is -0.359 e. The summed E-state index contributed by atoms with van der Waals surface area (Å²) in [5.74, 6) is 0.767. The lowest BCUT2D eigenvalue weighted by Gasteiger charge is -2.34. The molecule has 0 bridgehead atoms. The van der Waals surface area contributed by atoms with Crippen LogP contribution in [-0.4, -0.2) is 30.3 Å². The fourth-order valence-corrected chi connectivity index (χ4v) is 4.39. The average molecular weight is 408 g/mol. The number of ether oxygens (including phenoxy) is 1. The number of nitrogens with zero attached hydrogens (tertiary/aromatic N) is 1. The molecule has 0 saturated carbocycles. The van der Waals surface area contributed by atoms with Gasteiger partial charge >= 0.3 is 0 Å². The molecular formula is C27H53NO. The topological polar surface area (TPSA) is 12.5 Å². The van der Waals surface area contributed by atoms with Gasteiger partial charge in [-0.3, -0.25) is 4.90 Å². The molecule has 2 heteroatoms. The quantitative estimate of drug-likeness (QED) is 0.157. The smallest absolute Gasteiger partial charge is 0.119 e. The summed E-state index contributed by atoms with van der Waals surface area (Å²) in [6.07, 6.45) is 26.6. The van der Waals surface area contributed by atoms with Crippen molar-refractivity contribution in [1.29, 1.82) is 0 Å². The molecule has 0 aromatic rings. The van der Waals surface area contributed by atoms with Crippen LogP contribution in [0.25, 0.3) is 0 Å². The predicted octanol–water partition coefficient (Wildman–Crippen LogP) is 8.51. The van der Waals surface area contributed by atoms with Gasteiger partial charge in [-0.1, -0.05) is 90.7 Å². The number of unbranched alkanes of at least 4 members (excludes halogenated alkanes) is 12. The molecule has 0 aromatic heterocycles. The van der Waals surface area contributed by atoms with E-state index in [0.717, 1.165) is 19.1 Å². The summed E-state index contributed by atoms with van der Waals surface area (Å²) in [6, 6.07) is 0. The molecule has 1 saturated heterocycles. The predicted molar refractivity (Wildman–Crippen MR) is 129 cm³/mol. The van der Waals surface area contributed by atoms with Crippen LogP contribution in [0.3, 0.4) is 0 Å². The van der Waals surface area contributed by atoms with Crippen LogP contribution >= 0.6 is 0 Å². The highest BCUT2D eigenvalue weighted by Gasteiger charge is 2.36. The second kappa shape index (κ2) is 17.4. The standard InChI is InChI=1S/C27H53NO/c1-5-6-7-8-9-10-11-12-13-14-15-16-17-18-19-20-23-28-24-25-29-27(28,4)22-21-26(2)3/h12-13,26H,5-11,14-25H2,1-4H3. The maximum absolute atomic E-state index is 6.10. The van der Waals surface area contributed by atoms with Gasteiger partial charge in [0.25, 0.3) is 0 Å². The lowest BCUT2D eigenvalue weighted by molar-refractivity contribution is -0.0759. The minimum atomic E-state index is 0.00606. The van der Waals surface area contributed by atoms with Crippen molar-refractivity contribution in [3.8, 4) is 0 Å². The average Bonchev–Trinajstić information content (AvgIpc) is 3.07. The molecule has 0 aromatic carbocycles. The zero-order valence-corrected chi connectivity index (χ0v) is 20.5. The molecule has 29 heavy (non-hydrogen) atoms. The summed E-state index contributed by atoms with van der Waals surface area (Å²) < 4.78 is 6.10. The van der Waals surface area contributed by atoms with E-state index in [1.54, 1.807) is 0 Å². The second-order valence-corrected chi connectivity index (χ2v) is 9.88. The zero-order valence-electron chi connectivity index (χ0n) is 20.5. The molecule has 1 aliphatic heterocycles. The van der Waals surface area contributed by atoms with Crippen molar-refractivity contribution in [3.63, 3.8) is 0 Å². The normalized spacial score (nSPS) is 20.4. The van der Waals surface area contributed by atoms with Crippen LogP contribution in [0.2, 0.25) is 0 Å². The van der Waals surface area contributed by atoms with E-state index < -0.39 is 0 Å². The van der Waals surface area contributed by atoms with Gasteiger partial charge in [0.15, 0.2) is 0 Å². The Morgan fingerprint density at radius 3 is 1.97 bits per heavy atom. The first-order chi connectivity index (χ1) is 14.1. The molecular weight excluding hydrogens is 354 g/mol. The lowest BCUT2D eigenvalue weighted by atomic mass is 10.0. The van der Waals surface area contributed by atoms with E-state index in [-0.39, 0.29) is 5.72 Å². The van der Waals surface area contributed by atoms with Gasteiger partial charge in [-0.25, -0.2) is 0 Å². The Kier molecular flexibility index (Phi) is 16.0. The maximum Gasteiger partial charge on any atom is 0.119 e. The Hall–Kier alpha value is -0.340. The first kappa shape index (κ1) is 26.7. The number of hydrogen-bond donors (Lipinski definition) is 0. The number of allylic oxidation sites excluding steroid dienone is 2. The Balaban J connectivity index is 1.90. The molecule has 0 radical (unpaired) electrons.